The van der Waals surface area contributed by atoms with E-state index < -0.39 is 16.4 Å². The van der Waals surface area contributed by atoms with Gasteiger partial charge >= 0.3 is 22.4 Å². The summed E-state index contributed by atoms with van der Waals surface area (Å²) in [4.78, 5) is 21.1. The number of nitrogens with two attached hydrogens (primary N) is 1. The average Bonchev–Trinajstić information content (AvgIpc) is 2.42. The second-order valence-corrected chi connectivity index (χ2v) is 5.50. The molecule has 1 aliphatic carbocycles. The molecule has 20 heavy (non-hydrogen) atoms. The molecule has 0 spiro atoms. The van der Waals surface area contributed by atoms with E-state index in [9.17, 15) is 13.2 Å². The van der Waals surface area contributed by atoms with E-state index in [1.165, 1.54) is 14.2 Å². The number of hydrogen-bond donors (Lipinski definition) is 1. The lowest BCUT2D eigenvalue weighted by molar-refractivity contribution is -0.121. The monoisotopic (exact) mass is 309 g/mol. The standard InChI is InChI=1S/C10H19N3O6S/c1-13(10(14)17-2)9(18-19-20(11,15)16)12-8-6-4-3-5-7-8/h8H,3-7H2,1-2H3,(H2,11,15,16). The van der Waals surface area contributed by atoms with Gasteiger partial charge < -0.3 is 4.74 Å². The summed E-state index contributed by atoms with van der Waals surface area (Å²) in [6.45, 7) is 0. The Kier molecular flexibility index (Phi) is 6.17. The Morgan fingerprint density at radius 3 is 2.40 bits per heavy atom. The smallest absolute Gasteiger partial charge is 0.417 e. The summed E-state index contributed by atoms with van der Waals surface area (Å²) in [5.74, 6) is 0. The maximum absolute atomic E-state index is 11.4. The maximum atomic E-state index is 11.4. The van der Waals surface area contributed by atoms with E-state index in [2.05, 4.69) is 24.1 Å². The first kappa shape index (κ1) is 16.7. The van der Waals surface area contributed by atoms with E-state index in [4.69, 9.17) is 0 Å². The van der Waals surface area contributed by atoms with Gasteiger partial charge in [0.05, 0.1) is 13.2 Å². The zero-order valence-corrected chi connectivity index (χ0v) is 12.3. The van der Waals surface area contributed by atoms with Gasteiger partial charge in [0.2, 0.25) is 0 Å². The third kappa shape index (κ3) is 5.72. The topological polar surface area (TPSA) is 121 Å². The highest BCUT2D eigenvalue weighted by Gasteiger charge is 2.23. The van der Waals surface area contributed by atoms with Crippen molar-refractivity contribution < 1.29 is 27.2 Å². The van der Waals surface area contributed by atoms with E-state index in [1.807, 2.05) is 0 Å². The molecule has 0 radical (unpaired) electrons. The van der Waals surface area contributed by atoms with Gasteiger partial charge in [0.1, 0.15) is 0 Å². The number of rotatable bonds is 3. The first-order valence-electron chi connectivity index (χ1n) is 6.12. The molecule has 0 atom stereocenters. The molecule has 0 aromatic carbocycles. The van der Waals surface area contributed by atoms with Crippen molar-refractivity contribution in [1.82, 2.24) is 4.90 Å². The SMILES string of the molecule is COC(=O)N(C)C(=NC1CCCCC1)OOS(N)(=O)=O. The van der Waals surface area contributed by atoms with Crippen LogP contribution in [0.3, 0.4) is 0 Å². The number of ether oxygens (including phenoxy) is 1. The van der Waals surface area contributed by atoms with Gasteiger partial charge in [0.25, 0.3) is 0 Å². The second-order valence-electron chi connectivity index (χ2n) is 4.38. The summed E-state index contributed by atoms with van der Waals surface area (Å²) in [5.41, 5.74) is 0. The van der Waals surface area contributed by atoms with Crippen molar-refractivity contribution in [2.24, 2.45) is 10.1 Å². The van der Waals surface area contributed by atoms with Crippen molar-refractivity contribution in [3.05, 3.63) is 0 Å². The first-order chi connectivity index (χ1) is 9.33. The molecular formula is C10H19N3O6S. The number of methoxy groups -OCH3 is 1. The van der Waals surface area contributed by atoms with Gasteiger partial charge in [-0.25, -0.2) is 19.8 Å². The third-order valence-corrected chi connectivity index (χ3v) is 3.06. The van der Waals surface area contributed by atoms with Gasteiger partial charge in [-0.2, -0.15) is 8.42 Å². The molecule has 0 aliphatic heterocycles. The van der Waals surface area contributed by atoms with Crippen molar-refractivity contribution in [2.45, 2.75) is 38.1 Å². The van der Waals surface area contributed by atoms with Crippen LogP contribution in [0.2, 0.25) is 0 Å². The molecule has 1 fully saturated rings. The molecular weight excluding hydrogens is 290 g/mol. The van der Waals surface area contributed by atoms with Crippen molar-refractivity contribution >= 4 is 22.4 Å². The zero-order valence-electron chi connectivity index (χ0n) is 11.4. The Bertz CT molecular complexity index is 458. The van der Waals surface area contributed by atoms with Crippen LogP contribution >= 0.6 is 0 Å². The van der Waals surface area contributed by atoms with Crippen LogP contribution in [0.1, 0.15) is 32.1 Å². The Hall–Kier alpha value is -1.39. The highest BCUT2D eigenvalue weighted by atomic mass is 32.2. The maximum Gasteiger partial charge on any atom is 0.417 e. The molecule has 0 aromatic rings. The fourth-order valence-corrected chi connectivity index (χ4v) is 1.98. The van der Waals surface area contributed by atoms with Gasteiger partial charge in [0, 0.05) is 7.05 Å². The van der Waals surface area contributed by atoms with E-state index in [-0.39, 0.29) is 12.1 Å². The fraction of sp³-hybridized carbons (Fsp3) is 0.800. The van der Waals surface area contributed by atoms with Crippen molar-refractivity contribution in [3.8, 4) is 0 Å². The molecule has 0 unspecified atom stereocenters. The lowest BCUT2D eigenvalue weighted by atomic mass is 9.96. The molecule has 116 valence electrons. The van der Waals surface area contributed by atoms with Crippen LogP contribution in [0.15, 0.2) is 4.99 Å². The van der Waals surface area contributed by atoms with Crippen LogP contribution in [0, 0.1) is 0 Å². The highest BCUT2D eigenvalue weighted by molar-refractivity contribution is 7.84. The summed E-state index contributed by atoms with van der Waals surface area (Å²) in [6.07, 6.45) is 4.05. The number of amides is 1. The summed E-state index contributed by atoms with van der Waals surface area (Å²) in [5, 5.41) is 4.66. The van der Waals surface area contributed by atoms with E-state index in [1.54, 1.807) is 0 Å². The third-order valence-electron chi connectivity index (χ3n) is 2.81. The quantitative estimate of drug-likeness (QED) is 0.351. The van der Waals surface area contributed by atoms with Gasteiger partial charge in [-0.3, -0.25) is 4.89 Å². The predicted octanol–water partition coefficient (Wildman–Crippen LogP) is 0.525. The van der Waals surface area contributed by atoms with Crippen LogP contribution in [-0.4, -0.2) is 45.6 Å². The van der Waals surface area contributed by atoms with Crippen LogP contribution in [-0.2, 0) is 24.3 Å². The minimum atomic E-state index is -4.31. The van der Waals surface area contributed by atoms with Crippen LogP contribution in [0.25, 0.3) is 0 Å². The van der Waals surface area contributed by atoms with Gasteiger partial charge in [0.15, 0.2) is 0 Å². The minimum Gasteiger partial charge on any atom is -0.452 e. The lowest BCUT2D eigenvalue weighted by Gasteiger charge is -2.21. The van der Waals surface area contributed by atoms with E-state index in [0.29, 0.717) is 0 Å². The largest absolute Gasteiger partial charge is 0.452 e. The van der Waals surface area contributed by atoms with Gasteiger partial charge in [-0.1, -0.05) is 19.3 Å². The molecule has 1 amide bonds. The van der Waals surface area contributed by atoms with Gasteiger partial charge in [-0.15, -0.1) is 0 Å². The molecule has 0 aromatic heterocycles. The molecule has 1 aliphatic rings. The number of nitrogens with zero attached hydrogens (tertiary/aromatic N) is 2. The summed E-state index contributed by atoms with van der Waals surface area (Å²) in [7, 11) is -1.81. The van der Waals surface area contributed by atoms with Crippen molar-refractivity contribution in [2.75, 3.05) is 14.2 Å². The number of hydrogen-bond acceptors (Lipinski definition) is 7. The number of amidine groups is 1. The molecule has 2 N–H and O–H groups in total. The van der Waals surface area contributed by atoms with Crippen molar-refractivity contribution in [1.29, 1.82) is 0 Å². The first-order valence-corrected chi connectivity index (χ1v) is 7.59. The Labute approximate surface area is 117 Å². The fourth-order valence-electron chi connectivity index (χ4n) is 1.82. The van der Waals surface area contributed by atoms with E-state index in [0.717, 1.165) is 37.0 Å². The van der Waals surface area contributed by atoms with Gasteiger partial charge in [-0.05, 0) is 17.2 Å². The molecule has 0 bridgehead atoms. The summed E-state index contributed by atoms with van der Waals surface area (Å²) < 4.78 is 30.0. The summed E-state index contributed by atoms with van der Waals surface area (Å²) in [6, 6.07) is -0.368. The van der Waals surface area contributed by atoms with Crippen molar-refractivity contribution in [3.63, 3.8) is 0 Å². The number of carbonyl (C=O) groups is 1. The van der Waals surface area contributed by atoms with Crippen LogP contribution in [0.5, 0.6) is 0 Å². The average molecular weight is 309 g/mol. The lowest BCUT2D eigenvalue weighted by Crippen LogP contribution is -2.37. The van der Waals surface area contributed by atoms with E-state index >= 15 is 0 Å². The summed E-state index contributed by atoms with van der Waals surface area (Å²) >= 11 is 0. The second kappa shape index (κ2) is 7.41. The minimum absolute atomic E-state index is 0.0602. The molecule has 0 heterocycles. The zero-order chi connectivity index (χ0) is 15.2. The predicted molar refractivity (Wildman–Crippen MR) is 69.8 cm³/mol. The Morgan fingerprint density at radius 2 is 1.90 bits per heavy atom. The normalized spacial score (nSPS) is 17.6. The van der Waals surface area contributed by atoms with Crippen LogP contribution < -0.4 is 5.14 Å². The highest BCUT2D eigenvalue weighted by Crippen LogP contribution is 2.20. The number of aliphatic imine (C=N–C) groups is 1. The molecule has 0 saturated heterocycles. The molecule has 10 heteroatoms. The Morgan fingerprint density at radius 1 is 1.30 bits per heavy atom. The molecule has 1 rings (SSSR count). The molecule has 9 nitrogen and oxygen atoms in total. The van der Waals surface area contributed by atoms with Crippen LogP contribution in [0.4, 0.5) is 4.79 Å². The number of carbonyl (C=O) groups excluding carboxylic acids is 1. The Balaban J connectivity index is 2.81. The molecule has 1 saturated carbocycles.